The van der Waals surface area contributed by atoms with E-state index in [0.29, 0.717) is 30.0 Å². The minimum absolute atomic E-state index is 0.0949. The molecule has 0 aromatic rings. The Morgan fingerprint density at radius 1 is 1.08 bits per heavy atom. The van der Waals surface area contributed by atoms with Crippen LogP contribution >= 0.6 is 0 Å². The number of esters is 1. The predicted octanol–water partition coefficient (Wildman–Crippen LogP) is 3.66. The van der Waals surface area contributed by atoms with E-state index in [0.717, 1.165) is 25.7 Å². The second kappa shape index (κ2) is 4.88. The molecular weight excluding hydrogens is 316 g/mol. The summed E-state index contributed by atoms with van der Waals surface area (Å²) in [6.45, 7) is 6.32. The quantitative estimate of drug-likeness (QED) is 0.537. The molecule has 1 aliphatic heterocycles. The van der Waals surface area contributed by atoms with Gasteiger partial charge in [-0.2, -0.15) is 0 Å². The lowest BCUT2D eigenvalue weighted by Crippen LogP contribution is -2.58. The number of ketones is 1. The van der Waals surface area contributed by atoms with E-state index in [9.17, 15) is 9.59 Å². The van der Waals surface area contributed by atoms with Crippen LogP contribution in [0.2, 0.25) is 0 Å². The molecule has 0 bridgehead atoms. The molecule has 0 amide bonds. The lowest BCUT2D eigenvalue weighted by molar-refractivity contribution is -0.161. The van der Waals surface area contributed by atoms with Crippen LogP contribution in [-0.2, 0) is 19.1 Å². The molecule has 4 heteroatoms. The number of carbonyl (C=O) groups excluding carboxylic acids is 2. The first-order valence-corrected chi connectivity index (χ1v) is 10.2. The largest absolute Gasteiger partial charge is 0.462 e. The molecule has 4 saturated carbocycles. The van der Waals surface area contributed by atoms with Gasteiger partial charge in [-0.25, -0.2) is 0 Å². The van der Waals surface area contributed by atoms with Crippen molar-refractivity contribution < 1.29 is 19.1 Å². The highest BCUT2D eigenvalue weighted by atomic mass is 16.6. The van der Waals surface area contributed by atoms with Crippen LogP contribution < -0.4 is 0 Å². The Morgan fingerprint density at radius 2 is 1.88 bits per heavy atom. The smallest absolute Gasteiger partial charge is 0.302 e. The summed E-state index contributed by atoms with van der Waals surface area (Å²) in [5.74, 6) is 2.22. The molecule has 1 saturated heterocycles. The Bertz CT molecular complexity index is 644. The van der Waals surface area contributed by atoms with Crippen molar-refractivity contribution in [1.82, 2.24) is 0 Å². The zero-order valence-corrected chi connectivity index (χ0v) is 15.7. The molecule has 5 fully saturated rings. The fourth-order valence-electron chi connectivity index (χ4n) is 7.84. The van der Waals surface area contributed by atoms with Gasteiger partial charge in [-0.1, -0.05) is 13.8 Å². The number of epoxide rings is 1. The van der Waals surface area contributed by atoms with E-state index in [1.807, 2.05) is 0 Å². The van der Waals surface area contributed by atoms with Crippen LogP contribution in [-0.4, -0.2) is 29.6 Å². The normalized spacial score (nSPS) is 56.3. The van der Waals surface area contributed by atoms with Gasteiger partial charge in [0.1, 0.15) is 17.8 Å². The van der Waals surface area contributed by atoms with Crippen molar-refractivity contribution >= 4 is 11.8 Å². The van der Waals surface area contributed by atoms with Gasteiger partial charge in [0.05, 0.1) is 0 Å². The molecule has 1 heterocycles. The zero-order valence-electron chi connectivity index (χ0n) is 15.7. The van der Waals surface area contributed by atoms with Gasteiger partial charge in [0.2, 0.25) is 0 Å². The van der Waals surface area contributed by atoms with Crippen LogP contribution in [0, 0.1) is 28.6 Å². The number of Topliss-reactive ketones (excluding diaryl/α,β-unsaturated/α-hetero) is 1. The van der Waals surface area contributed by atoms with Gasteiger partial charge in [0, 0.05) is 24.2 Å². The molecule has 0 radical (unpaired) electrons. The Morgan fingerprint density at radius 3 is 2.64 bits per heavy atom. The van der Waals surface area contributed by atoms with Crippen LogP contribution in [0.15, 0.2) is 0 Å². The number of hydrogen-bond acceptors (Lipinski definition) is 4. The summed E-state index contributed by atoms with van der Waals surface area (Å²) in [4.78, 5) is 23.7. The topological polar surface area (TPSA) is 55.9 Å². The fourth-order valence-corrected chi connectivity index (χ4v) is 7.84. The lowest BCUT2D eigenvalue weighted by Gasteiger charge is -2.59. The Labute approximate surface area is 150 Å². The van der Waals surface area contributed by atoms with Gasteiger partial charge in [-0.15, -0.1) is 0 Å². The van der Waals surface area contributed by atoms with Crippen molar-refractivity contribution in [2.45, 2.75) is 89.9 Å². The van der Waals surface area contributed by atoms with Crippen LogP contribution in [0.4, 0.5) is 0 Å². The number of hydrogen-bond donors (Lipinski definition) is 0. The van der Waals surface area contributed by atoms with Gasteiger partial charge in [-0.05, 0) is 62.7 Å². The number of fused-ring (bicyclic) bond motifs is 4. The molecule has 4 nitrogen and oxygen atoms in total. The molecule has 0 unspecified atom stereocenters. The SMILES string of the molecule is CC(=O)O[C@H]1CC[C@H]2[C@@H]3CC[C@@]45O[C@H]4C(=O)CC[C@]5(C)[C@H]3CC[C@]12C. The fraction of sp³-hybridized carbons (Fsp3) is 0.905. The van der Waals surface area contributed by atoms with E-state index in [4.69, 9.17) is 9.47 Å². The molecule has 5 rings (SSSR count). The third kappa shape index (κ3) is 1.87. The van der Waals surface area contributed by atoms with E-state index in [-0.39, 0.29) is 34.6 Å². The van der Waals surface area contributed by atoms with E-state index in [2.05, 4.69) is 13.8 Å². The van der Waals surface area contributed by atoms with Gasteiger partial charge in [-0.3, -0.25) is 9.59 Å². The van der Waals surface area contributed by atoms with Crippen molar-refractivity contribution in [3.63, 3.8) is 0 Å². The Kier molecular flexibility index (Phi) is 3.18. The maximum Gasteiger partial charge on any atom is 0.302 e. The average Bonchev–Trinajstić information content (AvgIpc) is 3.22. The first kappa shape index (κ1) is 16.3. The summed E-state index contributed by atoms with van der Waals surface area (Å²) >= 11 is 0. The monoisotopic (exact) mass is 346 g/mol. The maximum absolute atomic E-state index is 12.2. The highest BCUT2D eigenvalue weighted by Crippen LogP contribution is 2.72. The standard InChI is InChI=1S/C21H30O4/c1-12(22)24-17-5-4-14-13-6-11-21-18(25-21)16(23)8-10-20(21,3)15(13)7-9-19(14,17)2/h13-15,17-18H,4-11H2,1-3H3/t13-,14-,15-,17-,18-,19-,20+,21+/m0/s1. The minimum Gasteiger partial charge on any atom is -0.462 e. The summed E-state index contributed by atoms with van der Waals surface area (Å²) in [5, 5.41) is 0. The van der Waals surface area contributed by atoms with Gasteiger partial charge >= 0.3 is 5.97 Å². The van der Waals surface area contributed by atoms with Crippen LogP contribution in [0.3, 0.4) is 0 Å². The molecular formula is C21H30O4. The van der Waals surface area contributed by atoms with Crippen LogP contribution in [0.25, 0.3) is 0 Å². The summed E-state index contributed by atoms with van der Waals surface area (Å²) in [6.07, 6.45) is 8.45. The van der Waals surface area contributed by atoms with Crippen LogP contribution in [0.1, 0.15) is 72.1 Å². The summed E-state index contributed by atoms with van der Waals surface area (Å²) in [6, 6.07) is 0. The molecule has 25 heavy (non-hydrogen) atoms. The molecule has 0 N–H and O–H groups in total. The number of rotatable bonds is 1. The summed E-state index contributed by atoms with van der Waals surface area (Å²) < 4.78 is 11.9. The van der Waals surface area contributed by atoms with Crippen LogP contribution in [0.5, 0.6) is 0 Å². The summed E-state index contributed by atoms with van der Waals surface area (Å²) in [5.41, 5.74) is 0.169. The second-order valence-corrected chi connectivity index (χ2v) is 9.91. The maximum atomic E-state index is 12.2. The van der Waals surface area contributed by atoms with Gasteiger partial charge < -0.3 is 9.47 Å². The highest BCUT2D eigenvalue weighted by Gasteiger charge is 2.76. The van der Waals surface area contributed by atoms with Gasteiger partial charge in [0.25, 0.3) is 0 Å². The third-order valence-corrected chi connectivity index (χ3v) is 9.17. The zero-order chi connectivity index (χ0) is 17.6. The molecule has 4 aliphatic carbocycles. The minimum atomic E-state index is -0.136. The van der Waals surface area contributed by atoms with Crippen molar-refractivity contribution in [3.8, 4) is 0 Å². The van der Waals surface area contributed by atoms with E-state index in [1.54, 1.807) is 0 Å². The van der Waals surface area contributed by atoms with Crippen molar-refractivity contribution in [1.29, 1.82) is 0 Å². The van der Waals surface area contributed by atoms with E-state index < -0.39 is 0 Å². The molecule has 0 aromatic carbocycles. The highest BCUT2D eigenvalue weighted by molar-refractivity contribution is 5.88. The van der Waals surface area contributed by atoms with Crippen molar-refractivity contribution in [3.05, 3.63) is 0 Å². The molecule has 138 valence electrons. The first-order chi connectivity index (χ1) is 11.8. The first-order valence-electron chi connectivity index (χ1n) is 10.2. The number of carbonyl (C=O) groups is 2. The predicted molar refractivity (Wildman–Crippen MR) is 91.8 cm³/mol. The molecule has 5 aliphatic rings. The molecule has 0 aromatic heterocycles. The summed E-state index contributed by atoms with van der Waals surface area (Å²) in [7, 11) is 0. The van der Waals surface area contributed by atoms with Crippen molar-refractivity contribution in [2.24, 2.45) is 28.6 Å². The van der Waals surface area contributed by atoms with Gasteiger partial charge in [0.15, 0.2) is 5.78 Å². The molecule has 8 atom stereocenters. The van der Waals surface area contributed by atoms with E-state index in [1.165, 1.54) is 26.2 Å². The van der Waals surface area contributed by atoms with Crippen molar-refractivity contribution in [2.75, 3.05) is 0 Å². The molecule has 1 spiro atoms. The lowest BCUT2D eigenvalue weighted by atomic mass is 9.45. The average molecular weight is 346 g/mol. The Hall–Kier alpha value is -0.900. The second-order valence-electron chi connectivity index (χ2n) is 9.91. The third-order valence-electron chi connectivity index (χ3n) is 9.17. The number of ether oxygens (including phenoxy) is 2. The Balaban J connectivity index is 1.44. The van der Waals surface area contributed by atoms with E-state index >= 15 is 0 Å².